The van der Waals surface area contributed by atoms with Gasteiger partial charge in [0.2, 0.25) is 0 Å². The van der Waals surface area contributed by atoms with Crippen molar-refractivity contribution < 1.29 is 35.8 Å². The molecule has 2 nitrogen and oxygen atoms in total. The lowest BCUT2D eigenvalue weighted by molar-refractivity contribution is -0.138. The standard InChI is InChI=1S/C32H22F6O2/c1-39-25-14-7-21(8-15-25)30-28-18-26(40-2)16-9-22(28)17-27(19-3-10-23(11-4-19)31(33,34)35)29(30)20-5-12-24(13-6-20)32(36,37)38/h3-18H,1-2H3. The van der Waals surface area contributed by atoms with E-state index in [0.717, 1.165) is 40.6 Å². The number of alkyl halides is 6. The number of hydrogen-bond acceptors (Lipinski definition) is 2. The molecule has 0 aliphatic heterocycles. The Morgan fingerprint density at radius 1 is 0.475 bits per heavy atom. The van der Waals surface area contributed by atoms with Crippen LogP contribution in [0.1, 0.15) is 11.1 Å². The van der Waals surface area contributed by atoms with Gasteiger partial charge in [-0.15, -0.1) is 0 Å². The van der Waals surface area contributed by atoms with Gasteiger partial charge in [-0.25, -0.2) is 0 Å². The first-order valence-corrected chi connectivity index (χ1v) is 12.1. The molecule has 0 saturated heterocycles. The van der Waals surface area contributed by atoms with Crippen LogP contribution in [0, 0.1) is 0 Å². The van der Waals surface area contributed by atoms with Crippen LogP contribution in [0.4, 0.5) is 26.3 Å². The summed E-state index contributed by atoms with van der Waals surface area (Å²) in [5, 5.41) is 1.53. The summed E-state index contributed by atoms with van der Waals surface area (Å²) in [7, 11) is 3.07. The summed E-state index contributed by atoms with van der Waals surface area (Å²) in [6.45, 7) is 0. The Balaban J connectivity index is 1.87. The van der Waals surface area contributed by atoms with Gasteiger partial charge in [0.1, 0.15) is 11.5 Å². The largest absolute Gasteiger partial charge is 0.497 e. The Kier molecular flexibility index (Phi) is 6.96. The molecule has 0 aliphatic rings. The highest BCUT2D eigenvalue weighted by molar-refractivity contribution is 6.10. The highest BCUT2D eigenvalue weighted by Crippen LogP contribution is 2.46. The average Bonchev–Trinajstić information content (AvgIpc) is 2.95. The molecule has 204 valence electrons. The van der Waals surface area contributed by atoms with Gasteiger partial charge >= 0.3 is 12.4 Å². The third kappa shape index (κ3) is 5.21. The summed E-state index contributed by atoms with van der Waals surface area (Å²) in [5.41, 5.74) is 1.91. The topological polar surface area (TPSA) is 18.5 Å². The molecule has 0 bridgehead atoms. The zero-order valence-electron chi connectivity index (χ0n) is 21.3. The molecule has 40 heavy (non-hydrogen) atoms. The molecule has 0 N–H and O–H groups in total. The minimum absolute atomic E-state index is 0.471. The van der Waals surface area contributed by atoms with E-state index in [9.17, 15) is 26.3 Å². The minimum Gasteiger partial charge on any atom is -0.497 e. The maximum Gasteiger partial charge on any atom is 0.416 e. The molecule has 0 heterocycles. The fourth-order valence-electron chi connectivity index (χ4n) is 4.75. The van der Waals surface area contributed by atoms with Crippen molar-refractivity contribution in [1.29, 1.82) is 0 Å². The second-order valence-electron chi connectivity index (χ2n) is 9.14. The predicted molar refractivity (Wildman–Crippen MR) is 143 cm³/mol. The van der Waals surface area contributed by atoms with Gasteiger partial charge in [0, 0.05) is 0 Å². The molecule has 0 spiro atoms. The molecular formula is C32H22F6O2. The van der Waals surface area contributed by atoms with Crippen molar-refractivity contribution in [3.05, 3.63) is 108 Å². The smallest absolute Gasteiger partial charge is 0.416 e. The molecule has 8 heteroatoms. The Morgan fingerprint density at radius 3 is 1.43 bits per heavy atom. The number of ether oxygens (including phenoxy) is 2. The molecule has 5 rings (SSSR count). The maximum atomic E-state index is 13.4. The second-order valence-corrected chi connectivity index (χ2v) is 9.14. The highest BCUT2D eigenvalue weighted by Gasteiger charge is 2.31. The van der Waals surface area contributed by atoms with E-state index in [1.807, 2.05) is 30.3 Å². The number of methoxy groups -OCH3 is 2. The van der Waals surface area contributed by atoms with E-state index in [1.54, 1.807) is 18.2 Å². The Hall–Kier alpha value is -4.46. The number of hydrogen-bond donors (Lipinski definition) is 0. The van der Waals surface area contributed by atoms with E-state index in [-0.39, 0.29) is 0 Å². The van der Waals surface area contributed by atoms with Crippen molar-refractivity contribution in [3.8, 4) is 44.9 Å². The van der Waals surface area contributed by atoms with Crippen LogP contribution < -0.4 is 9.47 Å². The van der Waals surface area contributed by atoms with E-state index < -0.39 is 23.5 Å². The van der Waals surface area contributed by atoms with Crippen LogP contribution in [0.5, 0.6) is 11.5 Å². The van der Waals surface area contributed by atoms with E-state index in [4.69, 9.17) is 9.47 Å². The molecule has 5 aromatic rings. The fourth-order valence-corrected chi connectivity index (χ4v) is 4.75. The number of rotatable bonds is 5. The Bertz CT molecular complexity index is 1650. The summed E-state index contributed by atoms with van der Waals surface area (Å²) < 4.78 is 90.9. The molecule has 0 radical (unpaired) electrons. The minimum atomic E-state index is -4.52. The van der Waals surface area contributed by atoms with Crippen molar-refractivity contribution in [2.24, 2.45) is 0 Å². The summed E-state index contributed by atoms with van der Waals surface area (Å²) in [4.78, 5) is 0. The zero-order chi connectivity index (χ0) is 28.7. The first-order valence-electron chi connectivity index (χ1n) is 12.1. The van der Waals surface area contributed by atoms with Crippen molar-refractivity contribution in [1.82, 2.24) is 0 Å². The third-order valence-electron chi connectivity index (χ3n) is 6.75. The van der Waals surface area contributed by atoms with Crippen LogP contribution in [0.2, 0.25) is 0 Å². The van der Waals surface area contributed by atoms with Crippen LogP contribution in [0.15, 0.2) is 97.1 Å². The summed E-state index contributed by atoms with van der Waals surface area (Å²) in [6, 6.07) is 24.0. The SMILES string of the molecule is COc1ccc(-c2c(-c3ccc(C(F)(F)F)cc3)c(-c3ccc(C(F)(F)F)cc3)cc3ccc(OC)cc23)cc1. The van der Waals surface area contributed by atoms with Gasteiger partial charge in [0.05, 0.1) is 25.3 Å². The van der Waals surface area contributed by atoms with E-state index in [2.05, 4.69) is 0 Å². The summed E-state index contributed by atoms with van der Waals surface area (Å²) in [6.07, 6.45) is -9.03. The van der Waals surface area contributed by atoms with Gasteiger partial charge < -0.3 is 9.47 Å². The molecule has 0 atom stereocenters. The molecule has 0 aliphatic carbocycles. The molecule has 0 saturated carbocycles. The van der Waals surface area contributed by atoms with Crippen LogP contribution in [0.3, 0.4) is 0 Å². The number of benzene rings is 5. The van der Waals surface area contributed by atoms with Crippen molar-refractivity contribution >= 4 is 10.8 Å². The van der Waals surface area contributed by atoms with Gasteiger partial charge in [-0.05, 0) is 98.8 Å². The second kappa shape index (κ2) is 10.3. The lowest BCUT2D eigenvalue weighted by atomic mass is 9.83. The van der Waals surface area contributed by atoms with Crippen molar-refractivity contribution in [2.45, 2.75) is 12.4 Å². The first-order chi connectivity index (χ1) is 19.0. The van der Waals surface area contributed by atoms with E-state index in [0.29, 0.717) is 39.3 Å². The monoisotopic (exact) mass is 552 g/mol. The van der Waals surface area contributed by atoms with Crippen molar-refractivity contribution in [2.75, 3.05) is 14.2 Å². The lowest BCUT2D eigenvalue weighted by Gasteiger charge is -2.21. The maximum absolute atomic E-state index is 13.4. The van der Waals surface area contributed by atoms with Gasteiger partial charge in [0.25, 0.3) is 0 Å². The van der Waals surface area contributed by atoms with Crippen molar-refractivity contribution in [3.63, 3.8) is 0 Å². The van der Waals surface area contributed by atoms with Gasteiger partial charge in [-0.1, -0.05) is 42.5 Å². The normalized spacial score (nSPS) is 12.0. The van der Waals surface area contributed by atoms with Crippen LogP contribution in [-0.4, -0.2) is 14.2 Å². The van der Waals surface area contributed by atoms with Gasteiger partial charge in [-0.2, -0.15) is 26.3 Å². The third-order valence-corrected chi connectivity index (χ3v) is 6.75. The molecule has 0 amide bonds. The Labute approximate surface area is 226 Å². The van der Waals surface area contributed by atoms with E-state index in [1.165, 1.54) is 38.5 Å². The lowest BCUT2D eigenvalue weighted by Crippen LogP contribution is -2.04. The van der Waals surface area contributed by atoms with Crippen LogP contribution in [-0.2, 0) is 12.4 Å². The van der Waals surface area contributed by atoms with Gasteiger partial charge in [0.15, 0.2) is 0 Å². The van der Waals surface area contributed by atoms with E-state index >= 15 is 0 Å². The Morgan fingerprint density at radius 2 is 0.925 bits per heavy atom. The first kappa shape index (κ1) is 27.1. The predicted octanol–water partition coefficient (Wildman–Crippen LogP) is 9.90. The molecule has 5 aromatic carbocycles. The average molecular weight is 553 g/mol. The number of fused-ring (bicyclic) bond motifs is 1. The van der Waals surface area contributed by atoms with Gasteiger partial charge in [-0.3, -0.25) is 0 Å². The van der Waals surface area contributed by atoms with Crippen LogP contribution in [0.25, 0.3) is 44.2 Å². The quantitative estimate of drug-likeness (QED) is 0.202. The fraction of sp³-hybridized carbons (Fsp3) is 0.125. The molecular weight excluding hydrogens is 530 g/mol. The number of halogens is 6. The molecule has 0 aromatic heterocycles. The summed E-state index contributed by atoms with van der Waals surface area (Å²) >= 11 is 0. The van der Waals surface area contributed by atoms with Crippen LogP contribution >= 0.6 is 0 Å². The highest BCUT2D eigenvalue weighted by atomic mass is 19.4. The summed E-state index contributed by atoms with van der Waals surface area (Å²) in [5.74, 6) is 1.18. The zero-order valence-corrected chi connectivity index (χ0v) is 21.3. The molecule has 0 fully saturated rings. The molecule has 0 unspecified atom stereocenters.